The summed E-state index contributed by atoms with van der Waals surface area (Å²) in [6.07, 6.45) is 5.57. The van der Waals surface area contributed by atoms with Gasteiger partial charge in [-0.1, -0.05) is 65.4 Å². The maximum atomic E-state index is 12.4. The molecule has 294 valence electrons. The zero-order valence-electron chi connectivity index (χ0n) is 33.3. The number of carboxylic acids is 2. The van der Waals surface area contributed by atoms with E-state index in [0.717, 1.165) is 44.5 Å². The summed E-state index contributed by atoms with van der Waals surface area (Å²) in [6.45, 7) is 10.8. The maximum Gasteiger partial charge on any atom is 3.00 e. The molecule has 3 N–H and O–H groups in total. The molecule has 8 bridgehead atoms. The number of aliphatic carboxylic acids is 2. The Bertz CT molecular complexity index is 2210. The molecule has 0 fully saturated rings. The summed E-state index contributed by atoms with van der Waals surface area (Å²) >= 11 is 0. The van der Waals surface area contributed by atoms with Crippen LogP contribution in [0.2, 0.25) is 0 Å². The smallest absolute Gasteiger partial charge is 0.673 e. The predicted octanol–water partition coefficient (Wildman–Crippen LogP) is -1.28. The SMILES string of the molecule is CCC1=C(C)C2=NC/1=C(/NCC(=O)O)c1[n-]c(c(CCC(=O)OC)c1C)/C=C1\[N-]C(C(C)=C1CCC(=O)OC)/C(NCC(=O)[O-])=c1\[n-]/c(c(CC)c1C)=C\2.[Co+3].[Na+]. The first-order valence-electron chi connectivity index (χ1n) is 18.0. The van der Waals surface area contributed by atoms with Crippen molar-refractivity contribution in [3.8, 4) is 0 Å². The largest absolute Gasteiger partial charge is 3.00 e. The number of carbonyl (C=O) groups is 4. The first-order valence-corrected chi connectivity index (χ1v) is 18.0. The van der Waals surface area contributed by atoms with E-state index in [4.69, 9.17) is 29.8 Å². The van der Waals surface area contributed by atoms with E-state index in [9.17, 15) is 29.4 Å². The third-order valence-electron chi connectivity index (χ3n) is 10.2. The number of fused-ring (bicyclic) bond motifs is 7. The van der Waals surface area contributed by atoms with Gasteiger partial charge in [-0.25, -0.2) is 4.99 Å². The predicted molar refractivity (Wildman–Crippen MR) is 201 cm³/mol. The normalized spacial score (nSPS) is 19.7. The van der Waals surface area contributed by atoms with Crippen molar-refractivity contribution in [2.24, 2.45) is 4.99 Å². The number of aromatic nitrogens is 2. The molecule has 0 radical (unpaired) electrons. The number of methoxy groups -OCH3 is 2. The Balaban J connectivity index is 0.00000420. The second-order valence-electron chi connectivity index (χ2n) is 13.3. The zero-order chi connectivity index (χ0) is 39.4. The number of hydrogen-bond acceptors (Lipinski definition) is 10. The number of nitrogens with zero attached hydrogens (tertiary/aromatic N) is 4. The minimum absolute atomic E-state index is 0. The summed E-state index contributed by atoms with van der Waals surface area (Å²) in [6, 6.07) is -0.701. The van der Waals surface area contributed by atoms with Gasteiger partial charge in [0.2, 0.25) is 0 Å². The van der Waals surface area contributed by atoms with E-state index in [2.05, 4.69) is 10.6 Å². The number of ether oxygens (including phenoxy) is 2. The van der Waals surface area contributed by atoms with Crippen LogP contribution in [0.1, 0.15) is 87.0 Å². The van der Waals surface area contributed by atoms with E-state index in [1.165, 1.54) is 14.2 Å². The van der Waals surface area contributed by atoms with Gasteiger partial charge in [0, 0.05) is 18.5 Å². The standard InChI is InChI=1S/C40H49N6O8.Co.Na/c1-9-23-20(4)35-39(41-17-31(47)48)36-21(5)25(11-13-33(51)53-7)29(45-36)16-30-26(12-14-34(52)54-8)22(6)37(46-30)40(42-18-32(49)50)38-24(10-2)19(3)27(43-38)15-28(23)44-35;;/h15-16,36H,9-14,17-18H2,1-8H3,(H6-,41,42,43,44,45,46,47,48,49,50);;/q-1;+3;+1/p-3. The molecule has 0 aromatic carbocycles. The zero-order valence-corrected chi connectivity index (χ0v) is 36.4. The van der Waals surface area contributed by atoms with Gasteiger partial charge in [0.1, 0.15) is 6.54 Å². The Kier molecular flexibility index (Phi) is 16.2. The van der Waals surface area contributed by atoms with Crippen LogP contribution in [0.25, 0.3) is 28.9 Å². The first-order chi connectivity index (χ1) is 25.7. The molecular formula is C40H46CoN6NaO8. The molecule has 1 unspecified atom stereocenters. The molecular weight excluding hydrogens is 774 g/mol. The van der Waals surface area contributed by atoms with E-state index in [1.807, 2.05) is 47.6 Å². The number of carboxylic acid groups (broad SMARTS) is 2. The average Bonchev–Trinajstić information content (AvgIpc) is 3.82. The molecule has 3 aliphatic heterocycles. The fourth-order valence-electron chi connectivity index (χ4n) is 7.35. The molecule has 0 saturated heterocycles. The van der Waals surface area contributed by atoms with E-state index in [-0.39, 0.29) is 72.0 Å². The van der Waals surface area contributed by atoms with E-state index in [0.29, 0.717) is 63.4 Å². The van der Waals surface area contributed by atoms with Crippen LogP contribution in [0.15, 0.2) is 38.7 Å². The van der Waals surface area contributed by atoms with Crippen molar-refractivity contribution >= 4 is 53.1 Å². The Labute approximate surface area is 358 Å². The third kappa shape index (κ3) is 9.45. The summed E-state index contributed by atoms with van der Waals surface area (Å²) in [4.78, 5) is 63.9. The molecule has 2 aromatic heterocycles. The van der Waals surface area contributed by atoms with E-state index < -0.39 is 43.0 Å². The number of esters is 2. The number of aliphatic imine (C=N–C) groups is 1. The van der Waals surface area contributed by atoms with Gasteiger partial charge in [0.25, 0.3) is 0 Å². The molecule has 0 aliphatic carbocycles. The van der Waals surface area contributed by atoms with Gasteiger partial charge in [-0.15, -0.1) is 27.8 Å². The minimum Gasteiger partial charge on any atom is -0.673 e. The Hall–Kier alpha value is -4.28. The molecule has 3 aliphatic rings. The topological polar surface area (TPSA) is 209 Å². The molecule has 5 heterocycles. The van der Waals surface area contributed by atoms with Gasteiger partial charge < -0.3 is 50.4 Å². The third-order valence-corrected chi connectivity index (χ3v) is 10.2. The van der Waals surface area contributed by atoms with Crippen LogP contribution in [-0.2, 0) is 58.3 Å². The van der Waals surface area contributed by atoms with Crippen molar-refractivity contribution in [2.75, 3.05) is 27.3 Å². The quantitative estimate of drug-likeness (QED) is 0.151. The summed E-state index contributed by atoms with van der Waals surface area (Å²) < 4.78 is 9.92. The Morgan fingerprint density at radius 2 is 1.54 bits per heavy atom. The van der Waals surface area contributed by atoms with Crippen LogP contribution < -0.4 is 66.0 Å². The van der Waals surface area contributed by atoms with Crippen LogP contribution in [0.3, 0.4) is 0 Å². The summed E-state index contributed by atoms with van der Waals surface area (Å²) in [5, 5.41) is 34.2. The number of nitrogens with one attached hydrogen (secondary N) is 2. The van der Waals surface area contributed by atoms with E-state index >= 15 is 0 Å². The van der Waals surface area contributed by atoms with Crippen LogP contribution >= 0.6 is 0 Å². The summed E-state index contributed by atoms with van der Waals surface area (Å²) in [5.41, 5.74) is 10.2. The molecule has 2 aromatic rings. The van der Waals surface area contributed by atoms with Crippen LogP contribution in [0.4, 0.5) is 0 Å². The molecule has 1 atom stereocenters. The molecule has 0 amide bonds. The summed E-state index contributed by atoms with van der Waals surface area (Å²) in [5.74, 6) is -3.19. The average molecular weight is 821 g/mol. The van der Waals surface area contributed by atoms with Crippen LogP contribution in [0.5, 0.6) is 0 Å². The molecule has 0 saturated carbocycles. The van der Waals surface area contributed by atoms with Crippen molar-refractivity contribution in [1.29, 1.82) is 0 Å². The Morgan fingerprint density at radius 1 is 0.875 bits per heavy atom. The van der Waals surface area contributed by atoms with Gasteiger partial charge in [0.15, 0.2) is 0 Å². The minimum atomic E-state index is -1.30. The van der Waals surface area contributed by atoms with Gasteiger partial charge >= 0.3 is 64.2 Å². The van der Waals surface area contributed by atoms with Gasteiger partial charge in [0.05, 0.1) is 38.1 Å². The molecule has 16 heteroatoms. The number of hydrogen-bond donors (Lipinski definition) is 3. The number of allylic oxidation sites excluding steroid dienone is 3. The van der Waals surface area contributed by atoms with Gasteiger partial charge in [-0.3, -0.25) is 14.4 Å². The number of rotatable bonds is 14. The van der Waals surface area contributed by atoms with Crippen LogP contribution in [0, 0.1) is 13.8 Å². The maximum absolute atomic E-state index is 12.4. The summed E-state index contributed by atoms with van der Waals surface area (Å²) in [7, 11) is 2.64. The van der Waals surface area contributed by atoms with Crippen molar-refractivity contribution in [3.05, 3.63) is 83.3 Å². The monoisotopic (exact) mass is 820 g/mol. The second-order valence-corrected chi connectivity index (χ2v) is 13.3. The molecule has 5 rings (SSSR count). The Morgan fingerprint density at radius 3 is 2.12 bits per heavy atom. The van der Waals surface area contributed by atoms with E-state index in [1.54, 1.807) is 6.08 Å². The second kappa shape index (κ2) is 19.7. The first kappa shape index (κ1) is 46.1. The number of carbonyl (C=O) groups excluding carboxylic acids is 3. The molecule has 56 heavy (non-hydrogen) atoms. The van der Waals surface area contributed by atoms with Crippen molar-refractivity contribution in [2.45, 2.75) is 86.1 Å². The van der Waals surface area contributed by atoms with Crippen LogP contribution in [-0.4, -0.2) is 68.0 Å². The molecule has 14 nitrogen and oxygen atoms in total. The molecule has 0 spiro atoms. The fourth-order valence-corrected chi connectivity index (χ4v) is 7.35. The van der Waals surface area contributed by atoms with Crippen molar-refractivity contribution < 1.29 is 85.2 Å². The van der Waals surface area contributed by atoms with Crippen molar-refractivity contribution in [3.63, 3.8) is 0 Å². The van der Waals surface area contributed by atoms with Crippen molar-refractivity contribution in [1.82, 2.24) is 20.6 Å². The van der Waals surface area contributed by atoms with Gasteiger partial charge in [-0.2, -0.15) is 0 Å². The van der Waals surface area contributed by atoms with Gasteiger partial charge in [-0.05, 0) is 70.2 Å². The fraction of sp³-hybridized carbons (Fsp3) is 0.425.